The number of carboxylic acids is 1. The molecule has 3 heterocycles. The number of tetrazole rings is 1. The molecule has 0 fully saturated rings. The standard InChI is InChI=1S/C10H6N6O3/c17-10(18)9-6(2-1-5-11-9)19-8-4-3-7-12-14-15-16(7)13-8/h1-5H,(H,17,18). The monoisotopic (exact) mass is 258 g/mol. The number of ether oxygens (including phenoxy) is 1. The van der Waals surface area contributed by atoms with Crippen LogP contribution >= 0.6 is 0 Å². The highest BCUT2D eigenvalue weighted by Crippen LogP contribution is 2.21. The Hall–Kier alpha value is -3.10. The number of hydrogen-bond acceptors (Lipinski definition) is 7. The van der Waals surface area contributed by atoms with E-state index in [1.165, 1.54) is 23.0 Å². The van der Waals surface area contributed by atoms with Gasteiger partial charge in [-0.05, 0) is 28.6 Å². The molecule has 0 aliphatic rings. The summed E-state index contributed by atoms with van der Waals surface area (Å²) in [6.45, 7) is 0. The Labute approximate surface area is 105 Å². The van der Waals surface area contributed by atoms with Gasteiger partial charge in [-0.25, -0.2) is 9.78 Å². The first-order chi connectivity index (χ1) is 9.24. The quantitative estimate of drug-likeness (QED) is 0.717. The molecule has 0 saturated carbocycles. The fourth-order valence-corrected chi connectivity index (χ4v) is 1.43. The molecule has 0 aliphatic carbocycles. The van der Waals surface area contributed by atoms with E-state index in [1.807, 2.05) is 0 Å². The van der Waals surface area contributed by atoms with Gasteiger partial charge in [0.1, 0.15) is 0 Å². The largest absolute Gasteiger partial charge is 0.476 e. The molecule has 3 aromatic rings. The number of carbonyl (C=O) groups is 1. The van der Waals surface area contributed by atoms with Crippen LogP contribution in [0.15, 0.2) is 30.5 Å². The fourth-order valence-electron chi connectivity index (χ4n) is 1.43. The zero-order valence-electron chi connectivity index (χ0n) is 9.33. The molecule has 0 radical (unpaired) electrons. The Kier molecular flexibility index (Phi) is 2.49. The third-order valence-corrected chi connectivity index (χ3v) is 2.23. The lowest BCUT2D eigenvalue weighted by Crippen LogP contribution is -2.04. The Morgan fingerprint density at radius 1 is 1.32 bits per heavy atom. The highest BCUT2D eigenvalue weighted by atomic mass is 16.5. The van der Waals surface area contributed by atoms with Gasteiger partial charge in [0.05, 0.1) is 0 Å². The van der Waals surface area contributed by atoms with Gasteiger partial charge in [0.15, 0.2) is 17.1 Å². The number of aromatic carboxylic acids is 1. The molecule has 1 N–H and O–H groups in total. The van der Waals surface area contributed by atoms with E-state index in [4.69, 9.17) is 9.84 Å². The van der Waals surface area contributed by atoms with Crippen molar-refractivity contribution in [2.45, 2.75) is 0 Å². The van der Waals surface area contributed by atoms with Crippen molar-refractivity contribution in [1.29, 1.82) is 0 Å². The molecule has 0 unspecified atom stereocenters. The number of rotatable bonds is 3. The average molecular weight is 258 g/mol. The molecule has 0 amide bonds. The third kappa shape index (κ3) is 2.04. The topological polar surface area (TPSA) is 115 Å². The van der Waals surface area contributed by atoms with E-state index in [0.29, 0.717) is 5.65 Å². The molecule has 3 aromatic heterocycles. The van der Waals surface area contributed by atoms with Gasteiger partial charge >= 0.3 is 5.97 Å². The molecule has 0 atom stereocenters. The zero-order valence-corrected chi connectivity index (χ0v) is 9.33. The van der Waals surface area contributed by atoms with Gasteiger partial charge in [0, 0.05) is 12.3 Å². The van der Waals surface area contributed by atoms with Crippen LogP contribution in [-0.2, 0) is 0 Å². The van der Waals surface area contributed by atoms with Gasteiger partial charge in [-0.3, -0.25) is 0 Å². The zero-order chi connectivity index (χ0) is 13.2. The van der Waals surface area contributed by atoms with Gasteiger partial charge < -0.3 is 9.84 Å². The van der Waals surface area contributed by atoms with Gasteiger partial charge in [0.25, 0.3) is 0 Å². The molecule has 0 aromatic carbocycles. The molecule has 0 bridgehead atoms. The lowest BCUT2D eigenvalue weighted by atomic mass is 10.3. The minimum absolute atomic E-state index is 0.0925. The number of hydrogen-bond donors (Lipinski definition) is 1. The van der Waals surface area contributed by atoms with Crippen LogP contribution in [0.1, 0.15) is 10.5 Å². The molecule has 0 aliphatic heterocycles. The van der Waals surface area contributed by atoms with Crippen molar-refractivity contribution in [3.8, 4) is 11.6 Å². The maximum absolute atomic E-state index is 11.0. The number of carboxylic acid groups (broad SMARTS) is 1. The Morgan fingerprint density at radius 3 is 3.05 bits per heavy atom. The Bertz CT molecular complexity index is 756. The van der Waals surface area contributed by atoms with Crippen molar-refractivity contribution in [3.63, 3.8) is 0 Å². The molecule has 0 spiro atoms. The van der Waals surface area contributed by atoms with Crippen LogP contribution in [0.2, 0.25) is 0 Å². The second kappa shape index (κ2) is 4.29. The number of pyridine rings is 1. The van der Waals surface area contributed by atoms with Gasteiger partial charge in [-0.15, -0.1) is 14.8 Å². The van der Waals surface area contributed by atoms with Crippen molar-refractivity contribution >= 4 is 11.6 Å². The van der Waals surface area contributed by atoms with Crippen LogP contribution in [0, 0.1) is 0 Å². The SMILES string of the molecule is O=C(O)c1ncccc1Oc1ccc2nnnn2n1. The number of nitrogens with zero attached hydrogens (tertiary/aromatic N) is 6. The van der Waals surface area contributed by atoms with Crippen molar-refractivity contribution in [2.24, 2.45) is 0 Å². The second-order valence-electron chi connectivity index (χ2n) is 3.46. The summed E-state index contributed by atoms with van der Waals surface area (Å²) in [4.78, 5) is 14.7. The minimum Gasteiger partial charge on any atom is -0.476 e. The molecular formula is C10H6N6O3. The highest BCUT2D eigenvalue weighted by Gasteiger charge is 2.13. The second-order valence-corrected chi connectivity index (χ2v) is 3.46. The van der Waals surface area contributed by atoms with Gasteiger partial charge in [-0.2, -0.15) is 0 Å². The molecule has 0 saturated heterocycles. The number of fused-ring (bicyclic) bond motifs is 1. The molecule has 9 heteroatoms. The third-order valence-electron chi connectivity index (χ3n) is 2.23. The fraction of sp³-hybridized carbons (Fsp3) is 0. The maximum atomic E-state index is 11.0. The van der Waals surface area contributed by atoms with Crippen molar-refractivity contribution in [1.82, 2.24) is 30.2 Å². The van der Waals surface area contributed by atoms with Crippen molar-refractivity contribution in [2.75, 3.05) is 0 Å². The molecule has 19 heavy (non-hydrogen) atoms. The normalized spacial score (nSPS) is 10.5. The van der Waals surface area contributed by atoms with E-state index in [2.05, 4.69) is 25.6 Å². The summed E-state index contributed by atoms with van der Waals surface area (Å²) >= 11 is 0. The summed E-state index contributed by atoms with van der Waals surface area (Å²) in [5.74, 6) is -0.927. The van der Waals surface area contributed by atoms with E-state index < -0.39 is 5.97 Å². The highest BCUT2D eigenvalue weighted by molar-refractivity contribution is 5.88. The first-order valence-electron chi connectivity index (χ1n) is 5.15. The van der Waals surface area contributed by atoms with E-state index in [1.54, 1.807) is 12.1 Å². The van der Waals surface area contributed by atoms with Crippen LogP contribution in [0.25, 0.3) is 5.65 Å². The first kappa shape index (κ1) is 11.0. The maximum Gasteiger partial charge on any atom is 0.358 e. The summed E-state index contributed by atoms with van der Waals surface area (Å²) < 4.78 is 6.55. The van der Waals surface area contributed by atoms with Crippen LogP contribution in [0.5, 0.6) is 11.6 Å². The predicted octanol–water partition coefficient (Wildman–Crippen LogP) is 0.405. The summed E-state index contributed by atoms with van der Waals surface area (Å²) in [6, 6.07) is 6.18. The summed E-state index contributed by atoms with van der Waals surface area (Å²) in [5.41, 5.74) is 0.262. The van der Waals surface area contributed by atoms with E-state index in [9.17, 15) is 4.79 Å². The molecule has 9 nitrogen and oxygen atoms in total. The molecular weight excluding hydrogens is 252 g/mol. The summed E-state index contributed by atoms with van der Waals surface area (Å²) in [6.07, 6.45) is 1.37. The molecule has 3 rings (SSSR count). The average Bonchev–Trinajstić information content (AvgIpc) is 2.86. The van der Waals surface area contributed by atoms with Crippen LogP contribution in [0.4, 0.5) is 0 Å². The predicted molar refractivity (Wildman–Crippen MR) is 59.8 cm³/mol. The molecule has 94 valence electrons. The number of aromatic nitrogens is 6. The van der Waals surface area contributed by atoms with Crippen LogP contribution < -0.4 is 4.74 Å². The van der Waals surface area contributed by atoms with Crippen LogP contribution in [0.3, 0.4) is 0 Å². The Balaban J connectivity index is 1.98. The van der Waals surface area contributed by atoms with E-state index in [-0.39, 0.29) is 17.3 Å². The van der Waals surface area contributed by atoms with E-state index in [0.717, 1.165) is 0 Å². The lowest BCUT2D eigenvalue weighted by Gasteiger charge is -2.05. The Morgan fingerprint density at radius 2 is 2.21 bits per heavy atom. The lowest BCUT2D eigenvalue weighted by molar-refractivity contribution is 0.0687. The summed E-state index contributed by atoms with van der Waals surface area (Å²) in [5, 5.41) is 23.7. The van der Waals surface area contributed by atoms with Gasteiger partial charge in [0.2, 0.25) is 5.88 Å². The van der Waals surface area contributed by atoms with Gasteiger partial charge in [-0.1, -0.05) is 0 Å². The minimum atomic E-state index is -1.18. The van der Waals surface area contributed by atoms with Crippen molar-refractivity contribution in [3.05, 3.63) is 36.2 Å². The first-order valence-corrected chi connectivity index (χ1v) is 5.15. The van der Waals surface area contributed by atoms with Crippen molar-refractivity contribution < 1.29 is 14.6 Å². The van der Waals surface area contributed by atoms with Crippen LogP contribution in [-0.4, -0.2) is 41.3 Å². The summed E-state index contributed by atoms with van der Waals surface area (Å²) in [7, 11) is 0. The smallest absolute Gasteiger partial charge is 0.358 e. The van der Waals surface area contributed by atoms with E-state index >= 15 is 0 Å².